The maximum absolute atomic E-state index is 13.2. The first kappa shape index (κ1) is 22.0. The number of nitrogens with one attached hydrogen (secondary N) is 2. The number of carbonyl (C=O) groups excluding carboxylic acids is 1. The highest BCUT2D eigenvalue weighted by atomic mass is 32.2. The van der Waals surface area contributed by atoms with Gasteiger partial charge in [-0.2, -0.15) is 9.49 Å². The summed E-state index contributed by atoms with van der Waals surface area (Å²) in [5.74, 6) is -0.691. The Bertz CT molecular complexity index is 1200. The van der Waals surface area contributed by atoms with Gasteiger partial charge in [-0.1, -0.05) is 28.6 Å². The fourth-order valence-corrected chi connectivity index (χ4v) is 5.10. The molecule has 13 heteroatoms. The Balaban J connectivity index is 1.57. The molecule has 2 N–H and O–H groups in total. The van der Waals surface area contributed by atoms with Gasteiger partial charge >= 0.3 is 0 Å². The zero-order valence-electron chi connectivity index (χ0n) is 16.5. The van der Waals surface area contributed by atoms with Gasteiger partial charge in [-0.05, 0) is 24.6 Å². The minimum absolute atomic E-state index is 0.0246. The van der Waals surface area contributed by atoms with Crippen molar-refractivity contribution in [2.75, 3.05) is 18.5 Å². The van der Waals surface area contributed by atoms with Crippen LogP contribution in [0.3, 0.4) is 0 Å². The summed E-state index contributed by atoms with van der Waals surface area (Å²) in [6.45, 7) is 0.589. The molecule has 168 valence electrons. The number of thiazole rings is 1. The number of halogens is 1. The molecule has 3 aromatic rings. The lowest BCUT2D eigenvalue weighted by molar-refractivity contribution is -0.110. The van der Waals surface area contributed by atoms with E-state index in [1.54, 1.807) is 12.3 Å². The molecule has 0 saturated carbocycles. The van der Waals surface area contributed by atoms with Gasteiger partial charge in [-0.15, -0.1) is 0 Å². The minimum Gasteiger partial charge on any atom is -0.389 e. The monoisotopic (exact) mass is 479 g/mol. The number of carbonyl (C=O) groups is 1. The van der Waals surface area contributed by atoms with E-state index in [-0.39, 0.29) is 29.0 Å². The van der Waals surface area contributed by atoms with Crippen LogP contribution in [0.1, 0.15) is 17.7 Å². The number of aromatic nitrogens is 3. The number of oxime groups is 1. The standard InChI is InChI=1S/C19H18FN5O5S2/c20-16-9-21-19(31-16)23-18(26)17(25-30-10-13-5-7-22-24-13)12-1-3-14(4-2-12)32(27,28)15-6-8-29-11-15/h1-5,7,9,15H,6,8,10-11H2,(H,22,24)(H,21,23,26)/b25-17+/t15-/m0/s1. The molecule has 10 nitrogen and oxygen atoms in total. The van der Waals surface area contributed by atoms with Crippen LogP contribution in [-0.4, -0.2) is 53.7 Å². The maximum Gasteiger partial charge on any atom is 0.280 e. The summed E-state index contributed by atoms with van der Waals surface area (Å²) in [7, 11) is -3.55. The molecule has 0 spiro atoms. The number of anilines is 1. The van der Waals surface area contributed by atoms with Gasteiger partial charge in [-0.25, -0.2) is 13.4 Å². The van der Waals surface area contributed by atoms with Crippen molar-refractivity contribution in [1.29, 1.82) is 0 Å². The minimum atomic E-state index is -3.55. The lowest BCUT2D eigenvalue weighted by atomic mass is 10.1. The van der Waals surface area contributed by atoms with Crippen LogP contribution in [0.4, 0.5) is 9.52 Å². The number of ether oxygens (including phenoxy) is 1. The lowest BCUT2D eigenvalue weighted by Crippen LogP contribution is -2.25. The predicted molar refractivity (Wildman–Crippen MR) is 113 cm³/mol. The van der Waals surface area contributed by atoms with E-state index in [1.165, 1.54) is 24.3 Å². The molecule has 0 radical (unpaired) electrons. The summed E-state index contributed by atoms with van der Waals surface area (Å²) in [6.07, 6.45) is 2.96. The first-order chi connectivity index (χ1) is 15.4. The van der Waals surface area contributed by atoms with Crippen LogP contribution in [0.2, 0.25) is 0 Å². The molecule has 1 saturated heterocycles. The van der Waals surface area contributed by atoms with Crippen molar-refractivity contribution in [1.82, 2.24) is 15.2 Å². The third-order valence-electron chi connectivity index (χ3n) is 4.63. The van der Waals surface area contributed by atoms with Crippen molar-refractivity contribution in [2.24, 2.45) is 5.16 Å². The van der Waals surface area contributed by atoms with Gasteiger partial charge in [0.05, 0.1) is 28.6 Å². The van der Waals surface area contributed by atoms with E-state index in [0.717, 1.165) is 6.20 Å². The second-order valence-electron chi connectivity index (χ2n) is 6.77. The van der Waals surface area contributed by atoms with Crippen molar-refractivity contribution in [3.63, 3.8) is 0 Å². The van der Waals surface area contributed by atoms with Crippen LogP contribution in [0, 0.1) is 5.13 Å². The molecule has 0 bridgehead atoms. The number of nitrogens with zero attached hydrogens (tertiary/aromatic N) is 3. The van der Waals surface area contributed by atoms with Crippen molar-refractivity contribution < 1.29 is 27.2 Å². The normalized spacial score (nSPS) is 16.8. The van der Waals surface area contributed by atoms with E-state index in [1.807, 2.05) is 0 Å². The molecular weight excluding hydrogens is 461 g/mol. The summed E-state index contributed by atoms with van der Waals surface area (Å²) in [4.78, 5) is 21.9. The van der Waals surface area contributed by atoms with E-state index in [2.05, 4.69) is 25.7 Å². The number of amides is 1. The number of H-pyrrole nitrogens is 1. The van der Waals surface area contributed by atoms with E-state index >= 15 is 0 Å². The fraction of sp³-hybridized carbons (Fsp3) is 0.263. The quantitative estimate of drug-likeness (QED) is 0.373. The van der Waals surface area contributed by atoms with E-state index in [0.29, 0.717) is 35.6 Å². The smallest absolute Gasteiger partial charge is 0.280 e. The van der Waals surface area contributed by atoms with Crippen LogP contribution in [0.15, 0.2) is 52.8 Å². The van der Waals surface area contributed by atoms with Crippen LogP contribution < -0.4 is 5.32 Å². The average Bonchev–Trinajstić information content (AvgIpc) is 3.55. The first-order valence-corrected chi connectivity index (χ1v) is 11.8. The van der Waals surface area contributed by atoms with Gasteiger partial charge in [0.2, 0.25) is 0 Å². The molecule has 3 heterocycles. The molecule has 0 unspecified atom stereocenters. The second-order valence-corrected chi connectivity index (χ2v) is 9.98. The van der Waals surface area contributed by atoms with Crippen LogP contribution in [-0.2, 0) is 30.8 Å². The Labute approximate surface area is 186 Å². The number of hydrogen-bond donors (Lipinski definition) is 2. The Hall–Kier alpha value is -3.16. The Morgan fingerprint density at radius 2 is 2.16 bits per heavy atom. The highest BCUT2D eigenvalue weighted by Gasteiger charge is 2.31. The molecule has 1 amide bonds. The van der Waals surface area contributed by atoms with Gasteiger partial charge in [0.1, 0.15) is 0 Å². The van der Waals surface area contributed by atoms with Crippen molar-refractivity contribution in [3.8, 4) is 0 Å². The van der Waals surface area contributed by atoms with E-state index in [9.17, 15) is 17.6 Å². The molecule has 2 aromatic heterocycles. The molecule has 0 aliphatic carbocycles. The van der Waals surface area contributed by atoms with Crippen molar-refractivity contribution in [3.05, 3.63) is 59.1 Å². The highest BCUT2D eigenvalue weighted by Crippen LogP contribution is 2.23. The molecular formula is C19H18FN5O5S2. The summed E-state index contributed by atoms with van der Waals surface area (Å²) < 4.78 is 43.9. The summed E-state index contributed by atoms with van der Waals surface area (Å²) in [6, 6.07) is 7.42. The topological polar surface area (TPSA) is 136 Å². The Kier molecular flexibility index (Phi) is 6.58. The molecule has 4 rings (SSSR count). The van der Waals surface area contributed by atoms with Crippen molar-refractivity contribution in [2.45, 2.75) is 23.2 Å². The van der Waals surface area contributed by atoms with Gasteiger partial charge in [0.25, 0.3) is 5.91 Å². The van der Waals surface area contributed by atoms with Crippen LogP contribution >= 0.6 is 11.3 Å². The number of rotatable bonds is 8. The first-order valence-electron chi connectivity index (χ1n) is 9.46. The van der Waals surface area contributed by atoms with Gasteiger partial charge in [0.15, 0.2) is 32.4 Å². The number of benzene rings is 1. The summed E-state index contributed by atoms with van der Waals surface area (Å²) in [5, 5.41) is 11.8. The van der Waals surface area contributed by atoms with Crippen LogP contribution in [0.5, 0.6) is 0 Å². The Morgan fingerprint density at radius 3 is 2.78 bits per heavy atom. The van der Waals surface area contributed by atoms with Crippen molar-refractivity contribution >= 4 is 37.9 Å². The van der Waals surface area contributed by atoms with Crippen LogP contribution in [0.25, 0.3) is 0 Å². The third kappa shape index (κ3) is 5.00. The zero-order chi connectivity index (χ0) is 22.6. The lowest BCUT2D eigenvalue weighted by Gasteiger charge is -2.11. The number of aromatic amines is 1. The summed E-state index contributed by atoms with van der Waals surface area (Å²) in [5.41, 5.74) is 0.815. The molecule has 1 fully saturated rings. The average molecular weight is 480 g/mol. The highest BCUT2D eigenvalue weighted by molar-refractivity contribution is 7.92. The SMILES string of the molecule is O=C(Nc1ncc(F)s1)/C(=N/OCc1ccn[nH]1)c1ccc(S(=O)(=O)[C@H]2CCOC2)cc1. The molecule has 1 aliphatic rings. The predicted octanol–water partition coefficient (Wildman–Crippen LogP) is 2.13. The van der Waals surface area contributed by atoms with E-state index in [4.69, 9.17) is 9.57 Å². The number of hydrogen-bond acceptors (Lipinski definition) is 9. The summed E-state index contributed by atoms with van der Waals surface area (Å²) >= 11 is 0.660. The molecule has 1 atom stereocenters. The van der Waals surface area contributed by atoms with E-state index < -0.39 is 26.1 Å². The second kappa shape index (κ2) is 9.54. The zero-order valence-corrected chi connectivity index (χ0v) is 18.2. The molecule has 32 heavy (non-hydrogen) atoms. The van der Waals surface area contributed by atoms with Gasteiger partial charge in [0, 0.05) is 18.4 Å². The fourth-order valence-electron chi connectivity index (χ4n) is 2.98. The third-order valence-corrected chi connectivity index (χ3v) is 7.51. The molecule has 1 aromatic carbocycles. The number of sulfone groups is 1. The van der Waals surface area contributed by atoms with Gasteiger partial charge in [-0.3, -0.25) is 15.2 Å². The Morgan fingerprint density at radius 1 is 1.34 bits per heavy atom. The maximum atomic E-state index is 13.2. The molecule has 1 aliphatic heterocycles. The van der Waals surface area contributed by atoms with Gasteiger partial charge < -0.3 is 9.57 Å². The largest absolute Gasteiger partial charge is 0.389 e.